The number of nitriles is 1. The molecular formula is C10H10N2O4S. The van der Waals surface area contributed by atoms with Crippen molar-refractivity contribution in [3.63, 3.8) is 0 Å². The molecule has 2 N–H and O–H groups in total. The number of aliphatic carboxylic acids is 1. The summed E-state index contributed by atoms with van der Waals surface area (Å²) in [4.78, 5) is 10.3. The third-order valence-electron chi connectivity index (χ3n) is 1.96. The van der Waals surface area contributed by atoms with Gasteiger partial charge in [-0.05, 0) is 18.6 Å². The molecule has 0 heterocycles. The summed E-state index contributed by atoms with van der Waals surface area (Å²) < 4.78 is 24.9. The number of nitrogens with one attached hydrogen (secondary N) is 1. The van der Waals surface area contributed by atoms with Crippen molar-refractivity contribution in [1.82, 2.24) is 0 Å². The van der Waals surface area contributed by atoms with Crippen molar-refractivity contribution in [2.24, 2.45) is 0 Å². The van der Waals surface area contributed by atoms with Crippen LogP contribution in [-0.2, 0) is 14.8 Å². The fraction of sp³-hybridized carbons (Fsp3) is 0.200. The summed E-state index contributed by atoms with van der Waals surface area (Å²) in [5.74, 6) is -2.49. The van der Waals surface area contributed by atoms with Crippen molar-refractivity contribution in [2.45, 2.75) is 6.92 Å². The van der Waals surface area contributed by atoms with E-state index in [1.807, 2.05) is 6.07 Å². The van der Waals surface area contributed by atoms with E-state index in [4.69, 9.17) is 10.4 Å². The molecule has 0 aliphatic heterocycles. The van der Waals surface area contributed by atoms with Gasteiger partial charge in [-0.15, -0.1) is 0 Å². The van der Waals surface area contributed by atoms with Gasteiger partial charge in [-0.2, -0.15) is 5.26 Å². The van der Waals surface area contributed by atoms with Crippen LogP contribution in [0.3, 0.4) is 0 Å². The zero-order valence-electron chi connectivity index (χ0n) is 8.97. The minimum absolute atomic E-state index is 0.0914. The van der Waals surface area contributed by atoms with E-state index in [0.29, 0.717) is 5.56 Å². The Kier molecular flexibility index (Phi) is 3.70. The second kappa shape index (κ2) is 4.84. The van der Waals surface area contributed by atoms with Gasteiger partial charge >= 0.3 is 5.97 Å². The van der Waals surface area contributed by atoms with E-state index in [9.17, 15) is 13.2 Å². The zero-order chi connectivity index (χ0) is 13.1. The van der Waals surface area contributed by atoms with Crippen LogP contribution in [-0.4, -0.2) is 25.2 Å². The Hall–Kier alpha value is -2.07. The maximum Gasteiger partial charge on any atom is 0.320 e. The summed E-state index contributed by atoms with van der Waals surface area (Å²) in [5, 5.41) is 17.3. The highest BCUT2D eigenvalue weighted by molar-refractivity contribution is 7.93. The van der Waals surface area contributed by atoms with Crippen LogP contribution in [0.25, 0.3) is 0 Å². The highest BCUT2D eigenvalue weighted by Gasteiger charge is 2.17. The van der Waals surface area contributed by atoms with Crippen molar-refractivity contribution in [1.29, 1.82) is 5.26 Å². The third kappa shape index (κ3) is 3.46. The largest absolute Gasteiger partial charge is 0.480 e. The topological polar surface area (TPSA) is 107 Å². The van der Waals surface area contributed by atoms with Crippen LogP contribution in [0.4, 0.5) is 5.69 Å². The zero-order valence-corrected chi connectivity index (χ0v) is 9.78. The van der Waals surface area contributed by atoms with Crippen LogP contribution in [0.5, 0.6) is 0 Å². The van der Waals surface area contributed by atoms with Crippen molar-refractivity contribution in [3.05, 3.63) is 29.3 Å². The number of benzene rings is 1. The van der Waals surface area contributed by atoms with E-state index in [2.05, 4.69) is 4.72 Å². The Labute approximate surface area is 98.6 Å². The summed E-state index contributed by atoms with van der Waals surface area (Å²) in [5.41, 5.74) is 0.887. The molecule has 0 aromatic heterocycles. The Morgan fingerprint density at radius 2 is 2.18 bits per heavy atom. The molecule has 17 heavy (non-hydrogen) atoms. The molecule has 6 nitrogen and oxygen atoms in total. The van der Waals surface area contributed by atoms with Gasteiger partial charge in [0.2, 0.25) is 10.0 Å². The van der Waals surface area contributed by atoms with E-state index < -0.39 is 21.7 Å². The number of nitrogens with zero attached hydrogens (tertiary/aromatic N) is 1. The molecular weight excluding hydrogens is 244 g/mol. The highest BCUT2D eigenvalue weighted by Crippen LogP contribution is 2.19. The van der Waals surface area contributed by atoms with Crippen molar-refractivity contribution < 1.29 is 18.3 Å². The number of anilines is 1. The number of carboxylic acids is 1. The number of hydrogen-bond donors (Lipinski definition) is 2. The van der Waals surface area contributed by atoms with Crippen LogP contribution in [0.2, 0.25) is 0 Å². The summed E-state index contributed by atoms with van der Waals surface area (Å²) >= 11 is 0. The average Bonchev–Trinajstić information content (AvgIpc) is 2.14. The summed E-state index contributed by atoms with van der Waals surface area (Å²) in [6.45, 7) is 1.66. The second-order valence-corrected chi connectivity index (χ2v) is 5.09. The number of carboxylic acid groups (broad SMARTS) is 1. The van der Waals surface area contributed by atoms with Crippen LogP contribution >= 0.6 is 0 Å². The first-order chi connectivity index (χ1) is 7.85. The quantitative estimate of drug-likeness (QED) is 0.822. The lowest BCUT2D eigenvalue weighted by Gasteiger charge is -2.09. The fourth-order valence-electron chi connectivity index (χ4n) is 1.27. The van der Waals surface area contributed by atoms with Crippen molar-refractivity contribution >= 4 is 21.7 Å². The molecule has 1 aromatic carbocycles. The van der Waals surface area contributed by atoms with Crippen LogP contribution in [0.15, 0.2) is 18.2 Å². The minimum atomic E-state index is -3.98. The number of aryl methyl sites for hydroxylation is 1. The van der Waals surface area contributed by atoms with E-state index in [1.165, 1.54) is 6.07 Å². The standard InChI is InChI=1S/C10H10N2O4S/c1-7-3-2-4-9(8(7)5-11)12-17(15,16)6-10(13)14/h2-4,12H,6H2,1H3,(H,13,14). The van der Waals surface area contributed by atoms with Crippen LogP contribution in [0, 0.1) is 18.3 Å². The maximum atomic E-state index is 11.4. The van der Waals surface area contributed by atoms with E-state index in [-0.39, 0.29) is 11.3 Å². The van der Waals surface area contributed by atoms with Gasteiger partial charge in [0.05, 0.1) is 11.3 Å². The normalized spacial score (nSPS) is 10.6. The summed E-state index contributed by atoms with van der Waals surface area (Å²) in [6.07, 6.45) is 0. The third-order valence-corrected chi connectivity index (χ3v) is 3.12. The Bertz CT molecular complexity index is 587. The first-order valence-corrected chi connectivity index (χ1v) is 6.23. The lowest BCUT2D eigenvalue weighted by molar-refractivity contribution is -0.134. The van der Waals surface area contributed by atoms with E-state index >= 15 is 0 Å². The monoisotopic (exact) mass is 254 g/mol. The molecule has 7 heteroatoms. The van der Waals surface area contributed by atoms with Gasteiger partial charge in [0.1, 0.15) is 6.07 Å². The van der Waals surface area contributed by atoms with Crippen molar-refractivity contribution in [2.75, 3.05) is 10.5 Å². The minimum Gasteiger partial charge on any atom is -0.480 e. The second-order valence-electron chi connectivity index (χ2n) is 3.36. The number of carbonyl (C=O) groups is 1. The molecule has 0 unspecified atom stereocenters. The number of rotatable bonds is 4. The first kappa shape index (κ1) is 13.0. The van der Waals surface area contributed by atoms with Gasteiger partial charge in [-0.25, -0.2) is 8.42 Å². The molecule has 0 spiro atoms. The molecule has 1 rings (SSSR count). The SMILES string of the molecule is Cc1cccc(NS(=O)(=O)CC(=O)O)c1C#N. The van der Waals surface area contributed by atoms with Gasteiger partial charge < -0.3 is 5.11 Å². The van der Waals surface area contributed by atoms with Gasteiger partial charge in [0.15, 0.2) is 5.75 Å². The molecule has 90 valence electrons. The molecule has 0 bridgehead atoms. The predicted octanol–water partition coefficient (Wildman–Crippen LogP) is 0.693. The maximum absolute atomic E-state index is 11.4. The smallest absolute Gasteiger partial charge is 0.320 e. The van der Waals surface area contributed by atoms with Gasteiger partial charge in [0, 0.05) is 0 Å². The van der Waals surface area contributed by atoms with E-state index in [0.717, 1.165) is 0 Å². The number of hydrogen-bond acceptors (Lipinski definition) is 4. The lowest BCUT2D eigenvalue weighted by Crippen LogP contribution is -2.22. The van der Waals surface area contributed by atoms with Crippen LogP contribution in [0.1, 0.15) is 11.1 Å². The molecule has 0 radical (unpaired) electrons. The predicted molar refractivity (Wildman–Crippen MR) is 60.9 cm³/mol. The first-order valence-electron chi connectivity index (χ1n) is 4.58. The molecule has 0 amide bonds. The fourth-order valence-corrected chi connectivity index (χ4v) is 2.17. The van der Waals surface area contributed by atoms with Gasteiger partial charge in [0.25, 0.3) is 0 Å². The molecule has 0 aliphatic rings. The van der Waals surface area contributed by atoms with Crippen LogP contribution < -0.4 is 4.72 Å². The van der Waals surface area contributed by atoms with E-state index in [1.54, 1.807) is 19.1 Å². The Morgan fingerprint density at radius 3 is 2.71 bits per heavy atom. The summed E-state index contributed by atoms with van der Waals surface area (Å²) in [7, 11) is -3.98. The molecule has 1 aromatic rings. The molecule has 0 atom stereocenters. The van der Waals surface area contributed by atoms with Gasteiger partial charge in [-0.1, -0.05) is 12.1 Å². The van der Waals surface area contributed by atoms with Crippen molar-refractivity contribution in [3.8, 4) is 6.07 Å². The summed E-state index contributed by atoms with van der Waals surface area (Å²) in [6, 6.07) is 6.51. The molecule has 0 saturated carbocycles. The molecule has 0 aliphatic carbocycles. The number of sulfonamides is 1. The lowest BCUT2D eigenvalue weighted by atomic mass is 10.1. The highest BCUT2D eigenvalue weighted by atomic mass is 32.2. The molecule has 0 fully saturated rings. The van der Waals surface area contributed by atoms with Gasteiger partial charge in [-0.3, -0.25) is 9.52 Å². The Morgan fingerprint density at radius 1 is 1.53 bits per heavy atom. The molecule has 0 saturated heterocycles. The Balaban J connectivity index is 3.09. The average molecular weight is 254 g/mol.